The first-order valence-electron chi connectivity index (χ1n) is 21.4. The number of benzene rings is 3. The minimum Gasteiger partial charge on any atom is -0.465 e. The molecular formula is C48H52ClN5O6. The molecule has 5 aliphatic heterocycles. The van der Waals surface area contributed by atoms with Crippen molar-refractivity contribution in [3.05, 3.63) is 112 Å². The van der Waals surface area contributed by atoms with Gasteiger partial charge in [0.1, 0.15) is 12.3 Å². The molecule has 3 N–H and O–H groups in total. The van der Waals surface area contributed by atoms with Gasteiger partial charge in [-0.2, -0.15) is 10.1 Å². The highest BCUT2D eigenvalue weighted by Gasteiger charge is 2.52. The lowest BCUT2D eigenvalue weighted by atomic mass is 9.70. The summed E-state index contributed by atoms with van der Waals surface area (Å²) in [7, 11) is 2.87. The molecule has 0 saturated carbocycles. The minimum atomic E-state index is -0.499. The molecule has 0 aliphatic carbocycles. The molecule has 6 atom stereocenters. The van der Waals surface area contributed by atoms with Crippen molar-refractivity contribution in [2.75, 3.05) is 32.6 Å². The molecule has 2 unspecified atom stereocenters. The van der Waals surface area contributed by atoms with Crippen LogP contribution in [0.25, 0.3) is 33.0 Å². The number of ether oxygens (including phenoxy) is 2. The van der Waals surface area contributed by atoms with E-state index >= 15 is 0 Å². The number of para-hydroxylation sites is 2. The molecule has 11 nitrogen and oxygen atoms in total. The molecule has 3 aromatic carbocycles. The normalized spacial score (nSPS) is 27.4. The number of piperidine rings is 2. The van der Waals surface area contributed by atoms with Crippen molar-refractivity contribution < 1.29 is 29.5 Å². The zero-order chi connectivity index (χ0) is 41.7. The summed E-state index contributed by atoms with van der Waals surface area (Å²) in [5.74, 6) is -1.04. The van der Waals surface area contributed by atoms with E-state index in [-0.39, 0.29) is 12.0 Å². The molecule has 5 aliphatic rings. The van der Waals surface area contributed by atoms with E-state index < -0.39 is 35.1 Å². The van der Waals surface area contributed by atoms with Gasteiger partial charge in [-0.3, -0.25) is 0 Å². The second-order valence-electron chi connectivity index (χ2n) is 17.5. The minimum absolute atomic E-state index is 0.225. The smallest absolute Gasteiger partial charge is 0.339 e. The summed E-state index contributed by atoms with van der Waals surface area (Å²) >= 11 is 6.70. The first-order chi connectivity index (χ1) is 29.1. The average Bonchev–Trinajstić information content (AvgIpc) is 3.78. The highest BCUT2D eigenvalue weighted by atomic mass is 35.5. The van der Waals surface area contributed by atoms with Crippen LogP contribution in [0.15, 0.2) is 78.9 Å². The average molecular weight is 830 g/mol. The fourth-order valence-electron chi connectivity index (χ4n) is 12.0. The fourth-order valence-corrected chi connectivity index (χ4v) is 12.2. The number of hydrogen-bond donors (Lipinski definition) is 3. The van der Waals surface area contributed by atoms with Crippen LogP contribution in [0.5, 0.6) is 0 Å². The van der Waals surface area contributed by atoms with Crippen LogP contribution in [0.2, 0.25) is 5.02 Å². The van der Waals surface area contributed by atoms with Gasteiger partial charge in [-0.05, 0) is 98.4 Å². The van der Waals surface area contributed by atoms with Gasteiger partial charge in [0.15, 0.2) is 0 Å². The summed E-state index contributed by atoms with van der Waals surface area (Å²) in [6.45, 7) is 5.30. The third kappa shape index (κ3) is 5.62. The van der Waals surface area contributed by atoms with E-state index in [0.29, 0.717) is 42.1 Å². The number of hydroxylamine groups is 4. The van der Waals surface area contributed by atoms with Crippen LogP contribution in [0, 0.1) is 10.8 Å². The van der Waals surface area contributed by atoms with Crippen LogP contribution in [-0.2, 0) is 31.9 Å². The number of aromatic nitrogens is 2. The quantitative estimate of drug-likeness (QED) is 0.138. The van der Waals surface area contributed by atoms with Crippen LogP contribution >= 0.6 is 11.6 Å². The van der Waals surface area contributed by atoms with Crippen molar-refractivity contribution in [3.8, 4) is 0 Å². The van der Waals surface area contributed by atoms with Gasteiger partial charge in [0.05, 0.1) is 47.8 Å². The number of carbonyl (C=O) groups is 2. The number of halogens is 1. The van der Waals surface area contributed by atoms with E-state index in [1.54, 1.807) is 0 Å². The number of hydrogen-bond acceptors (Lipinski definition) is 9. The van der Waals surface area contributed by atoms with E-state index in [1.807, 2.05) is 42.5 Å². The Balaban J connectivity index is 1.23. The highest BCUT2D eigenvalue weighted by Crippen LogP contribution is 2.57. The number of fused-ring (bicyclic) bond motifs is 11. The topological polar surface area (TPSA) is 121 Å². The van der Waals surface area contributed by atoms with Gasteiger partial charge in [-0.15, -0.1) is 0 Å². The molecule has 2 saturated heterocycles. The predicted octanol–water partition coefficient (Wildman–Crippen LogP) is 9.51. The standard InChI is InChI=1S/C48H52ClN5O6/c1-5-47-19-11-21-51(57)45(47)53-38-15-9-7-13-30(38)32(41(53)34(26-47)43(55)59-3)25-37-33(24-28-23-29(49)17-18-36(28)50-37)40-31-14-8-10-16-39(31)54-42(40)35(44(56)60-4)27-48(6-2)20-12-22-52(58)46(48)54/h7-10,13-18,23,26-27,33,37,45-46,50,57-58H,5-6,11-12,19-22,24-25H2,1-4H3/t33?,37?,45-,46-,47+,48+/m1/s1. The molecule has 0 bridgehead atoms. The SMILES string of the molecule is CC[C@]12C=C(C(=O)OC)c3c(CC4Nc5ccc(Cl)cc5CC4c4c5n(c6ccccc46)[C@H]4N(O)CCC[C@@]4(CC)C=C5C(=O)OC)c4ccccc4n3[C@H]1N(O)CCC2. The Kier molecular flexibility index (Phi) is 9.57. The second-order valence-corrected chi connectivity index (χ2v) is 17.9. The van der Waals surface area contributed by atoms with Crippen molar-refractivity contribution in [3.63, 3.8) is 0 Å². The largest absolute Gasteiger partial charge is 0.465 e. The van der Waals surface area contributed by atoms with Crippen LogP contribution < -0.4 is 5.32 Å². The number of methoxy groups -OCH3 is 2. The van der Waals surface area contributed by atoms with Crippen LogP contribution in [0.1, 0.15) is 98.7 Å². The molecule has 2 fully saturated rings. The van der Waals surface area contributed by atoms with Crippen molar-refractivity contribution in [2.24, 2.45) is 10.8 Å². The summed E-state index contributed by atoms with van der Waals surface area (Å²) in [6.07, 6.45) is 9.14. The number of esters is 2. The Hall–Kier alpha value is -4.91. The zero-order valence-corrected chi connectivity index (χ0v) is 35.3. The van der Waals surface area contributed by atoms with E-state index in [0.717, 1.165) is 94.1 Å². The molecule has 5 aromatic rings. The molecular weight excluding hydrogens is 778 g/mol. The Morgan fingerprint density at radius 1 is 0.783 bits per heavy atom. The van der Waals surface area contributed by atoms with E-state index in [1.165, 1.54) is 24.3 Å². The van der Waals surface area contributed by atoms with Crippen molar-refractivity contribution in [2.45, 2.75) is 89.5 Å². The Labute approximate surface area is 354 Å². The summed E-state index contributed by atoms with van der Waals surface area (Å²) in [6, 6.07) is 22.2. The third-order valence-electron chi connectivity index (χ3n) is 14.7. The van der Waals surface area contributed by atoms with E-state index in [2.05, 4.69) is 64.7 Å². The molecule has 0 amide bonds. The van der Waals surface area contributed by atoms with Crippen LogP contribution in [-0.4, -0.2) is 75.0 Å². The van der Waals surface area contributed by atoms with Gasteiger partial charge in [0.2, 0.25) is 0 Å². The van der Waals surface area contributed by atoms with E-state index in [9.17, 15) is 20.0 Å². The second kappa shape index (κ2) is 14.6. The molecule has 0 spiro atoms. The Morgan fingerprint density at radius 2 is 1.33 bits per heavy atom. The maximum atomic E-state index is 14.2. The molecule has 10 rings (SSSR count). The van der Waals surface area contributed by atoms with Crippen molar-refractivity contribution in [1.29, 1.82) is 0 Å². The number of anilines is 1. The molecule has 12 heteroatoms. The maximum Gasteiger partial charge on any atom is 0.339 e. The lowest BCUT2D eigenvalue weighted by Crippen LogP contribution is -2.49. The van der Waals surface area contributed by atoms with Gasteiger partial charge in [-0.1, -0.05) is 74.0 Å². The van der Waals surface area contributed by atoms with Crippen LogP contribution in [0.4, 0.5) is 5.69 Å². The first kappa shape index (κ1) is 39.2. The fraction of sp³-hybridized carbons (Fsp3) is 0.417. The molecule has 312 valence electrons. The van der Waals surface area contributed by atoms with Crippen LogP contribution in [0.3, 0.4) is 0 Å². The number of nitrogens with zero attached hydrogens (tertiary/aromatic N) is 4. The Bertz CT molecular complexity index is 2650. The number of rotatable bonds is 7. The summed E-state index contributed by atoms with van der Waals surface area (Å²) < 4.78 is 15.5. The van der Waals surface area contributed by atoms with E-state index in [4.69, 9.17) is 21.1 Å². The lowest BCUT2D eigenvalue weighted by Gasteiger charge is -2.50. The monoisotopic (exact) mass is 829 g/mol. The summed E-state index contributed by atoms with van der Waals surface area (Å²) in [5.41, 5.74) is 7.43. The maximum absolute atomic E-state index is 14.2. The van der Waals surface area contributed by atoms with Gasteiger partial charge < -0.3 is 34.3 Å². The first-order valence-corrected chi connectivity index (χ1v) is 21.8. The number of carbonyl (C=O) groups excluding carboxylic acids is 2. The lowest BCUT2D eigenvalue weighted by molar-refractivity contribution is -0.203. The third-order valence-corrected chi connectivity index (χ3v) is 15.0. The Morgan fingerprint density at radius 3 is 1.93 bits per heavy atom. The zero-order valence-electron chi connectivity index (χ0n) is 34.6. The molecule has 7 heterocycles. The van der Waals surface area contributed by atoms with Gasteiger partial charge in [-0.25, -0.2) is 9.59 Å². The summed E-state index contributed by atoms with van der Waals surface area (Å²) in [5, 5.41) is 33.1. The van der Waals surface area contributed by atoms with Gasteiger partial charge >= 0.3 is 11.9 Å². The number of nitrogens with one attached hydrogen (secondary N) is 1. The summed E-state index contributed by atoms with van der Waals surface area (Å²) in [4.78, 5) is 28.2. The van der Waals surface area contributed by atoms with Gasteiger partial charge in [0.25, 0.3) is 0 Å². The van der Waals surface area contributed by atoms with Gasteiger partial charge in [0, 0.05) is 57.4 Å². The van der Waals surface area contributed by atoms with Crippen molar-refractivity contribution in [1.82, 2.24) is 19.3 Å². The van der Waals surface area contributed by atoms with Crippen molar-refractivity contribution >= 4 is 62.2 Å². The molecule has 2 aromatic heterocycles. The molecule has 60 heavy (non-hydrogen) atoms. The molecule has 0 radical (unpaired) electrons. The highest BCUT2D eigenvalue weighted by molar-refractivity contribution is 6.30. The predicted molar refractivity (Wildman–Crippen MR) is 232 cm³/mol.